The van der Waals surface area contributed by atoms with Crippen LogP contribution in [0.4, 0.5) is 5.69 Å². The van der Waals surface area contributed by atoms with Crippen LogP contribution in [-0.4, -0.2) is 37.7 Å². The summed E-state index contributed by atoms with van der Waals surface area (Å²) in [6.07, 6.45) is 0.167. The Labute approximate surface area is 165 Å². The second-order valence-electron chi connectivity index (χ2n) is 6.86. The minimum Gasteiger partial charge on any atom is -0.326 e. The summed E-state index contributed by atoms with van der Waals surface area (Å²) in [6, 6.07) is 14.1. The second-order valence-corrected chi connectivity index (χ2v) is 9.01. The largest absolute Gasteiger partial charge is 0.326 e. The smallest absolute Gasteiger partial charge is 0.242 e. The van der Waals surface area contributed by atoms with Crippen molar-refractivity contribution >= 4 is 32.5 Å². The van der Waals surface area contributed by atoms with Crippen LogP contribution in [0.3, 0.4) is 0 Å². The Balaban J connectivity index is 1.85. The Morgan fingerprint density at radius 3 is 2.50 bits per heavy atom. The van der Waals surface area contributed by atoms with Crippen molar-refractivity contribution in [1.29, 1.82) is 0 Å². The average Bonchev–Trinajstić information content (AvgIpc) is 2.65. The molecule has 0 bridgehead atoms. The van der Waals surface area contributed by atoms with Crippen LogP contribution in [0.15, 0.2) is 53.4 Å². The number of nitrogens with zero attached hydrogens (tertiary/aromatic N) is 2. The lowest BCUT2D eigenvalue weighted by molar-refractivity contribution is -0.115. The van der Waals surface area contributed by atoms with Gasteiger partial charge in [-0.2, -0.15) is 0 Å². The molecule has 1 N–H and O–H groups in total. The van der Waals surface area contributed by atoms with E-state index in [0.717, 1.165) is 32.0 Å². The average molecular weight is 398 g/mol. The van der Waals surface area contributed by atoms with Crippen molar-refractivity contribution in [2.24, 2.45) is 0 Å². The number of hydrogen-bond acceptors (Lipinski definition) is 4. The fraction of sp³-hybridized carbons (Fsp3) is 0.238. The number of amides is 1. The third kappa shape index (κ3) is 3.90. The van der Waals surface area contributed by atoms with Crippen LogP contribution in [0.2, 0.25) is 0 Å². The van der Waals surface area contributed by atoms with Crippen LogP contribution in [-0.2, 0) is 21.2 Å². The van der Waals surface area contributed by atoms with E-state index in [2.05, 4.69) is 10.3 Å². The summed E-state index contributed by atoms with van der Waals surface area (Å²) in [5.41, 5.74) is 4.07. The standard InChI is InChI=1S/C21H23N3O3S/c1-14-18-10-5-6-11-20(18)22-15(2)19(14)13-21(25)23-16-8-7-9-17(12-16)28(26,27)24(3)4/h5-12H,13H2,1-4H3,(H,23,25). The first-order valence-electron chi connectivity index (χ1n) is 8.87. The maximum absolute atomic E-state index is 12.6. The van der Waals surface area contributed by atoms with Crippen molar-refractivity contribution in [3.8, 4) is 0 Å². The van der Waals surface area contributed by atoms with Crippen LogP contribution in [0.5, 0.6) is 0 Å². The molecule has 3 rings (SSSR count). The van der Waals surface area contributed by atoms with Crippen molar-refractivity contribution in [3.05, 3.63) is 65.4 Å². The van der Waals surface area contributed by atoms with Gasteiger partial charge in [-0.15, -0.1) is 0 Å². The summed E-state index contributed by atoms with van der Waals surface area (Å²) in [5, 5.41) is 3.82. The van der Waals surface area contributed by atoms with Gasteiger partial charge in [-0.3, -0.25) is 9.78 Å². The fourth-order valence-electron chi connectivity index (χ4n) is 3.14. The molecule has 0 fully saturated rings. The maximum atomic E-state index is 12.6. The summed E-state index contributed by atoms with van der Waals surface area (Å²) in [7, 11) is -0.618. The van der Waals surface area contributed by atoms with Crippen LogP contribution in [0.25, 0.3) is 10.9 Å². The van der Waals surface area contributed by atoms with Gasteiger partial charge in [0.1, 0.15) is 0 Å². The van der Waals surface area contributed by atoms with Crippen LogP contribution in [0, 0.1) is 13.8 Å². The minimum atomic E-state index is -3.56. The lowest BCUT2D eigenvalue weighted by atomic mass is 9.99. The lowest BCUT2D eigenvalue weighted by Gasteiger charge is -2.14. The molecule has 0 aliphatic rings. The number of fused-ring (bicyclic) bond motifs is 1. The number of sulfonamides is 1. The molecule has 1 heterocycles. The molecule has 7 heteroatoms. The summed E-state index contributed by atoms with van der Waals surface area (Å²) >= 11 is 0. The predicted octanol–water partition coefficient (Wildman–Crippen LogP) is 3.28. The van der Waals surface area contributed by atoms with Gasteiger partial charge in [0.15, 0.2) is 0 Å². The van der Waals surface area contributed by atoms with Crippen LogP contribution < -0.4 is 5.32 Å². The zero-order valence-corrected chi connectivity index (χ0v) is 17.2. The molecule has 6 nitrogen and oxygen atoms in total. The van der Waals surface area contributed by atoms with Crippen molar-refractivity contribution in [3.63, 3.8) is 0 Å². The highest BCUT2D eigenvalue weighted by Crippen LogP contribution is 2.24. The van der Waals surface area contributed by atoms with E-state index in [-0.39, 0.29) is 17.2 Å². The topological polar surface area (TPSA) is 79.4 Å². The van der Waals surface area contributed by atoms with E-state index >= 15 is 0 Å². The Hall–Kier alpha value is -2.77. The first-order valence-corrected chi connectivity index (χ1v) is 10.3. The Kier molecular flexibility index (Phi) is 5.49. The predicted molar refractivity (Wildman–Crippen MR) is 111 cm³/mol. The number of hydrogen-bond donors (Lipinski definition) is 1. The first kappa shape index (κ1) is 20.0. The highest BCUT2D eigenvalue weighted by Gasteiger charge is 2.18. The van der Waals surface area contributed by atoms with Crippen molar-refractivity contribution < 1.29 is 13.2 Å². The van der Waals surface area contributed by atoms with Gasteiger partial charge in [0.25, 0.3) is 0 Å². The van der Waals surface area contributed by atoms with Crippen molar-refractivity contribution in [2.75, 3.05) is 19.4 Å². The third-order valence-electron chi connectivity index (χ3n) is 4.72. The van der Waals surface area contributed by atoms with Gasteiger partial charge in [0.05, 0.1) is 16.8 Å². The molecular formula is C21H23N3O3S. The molecule has 0 saturated carbocycles. The lowest BCUT2D eigenvalue weighted by Crippen LogP contribution is -2.22. The number of rotatable bonds is 5. The Bertz CT molecular complexity index is 1150. The molecule has 28 heavy (non-hydrogen) atoms. The number of pyridine rings is 1. The summed E-state index contributed by atoms with van der Waals surface area (Å²) < 4.78 is 25.7. The van der Waals surface area contributed by atoms with E-state index in [1.165, 1.54) is 26.2 Å². The third-order valence-corrected chi connectivity index (χ3v) is 6.53. The highest BCUT2D eigenvalue weighted by molar-refractivity contribution is 7.89. The molecule has 0 atom stereocenters. The molecule has 0 saturated heterocycles. The number of aryl methyl sites for hydroxylation is 2. The summed E-state index contributed by atoms with van der Waals surface area (Å²) in [6.45, 7) is 3.89. The molecule has 146 valence electrons. The van der Waals surface area contributed by atoms with E-state index in [4.69, 9.17) is 0 Å². The number of benzene rings is 2. The normalized spacial score (nSPS) is 11.8. The maximum Gasteiger partial charge on any atom is 0.242 e. The molecular weight excluding hydrogens is 374 g/mol. The molecule has 1 aromatic heterocycles. The molecule has 0 unspecified atom stereocenters. The molecule has 0 aliphatic heterocycles. The summed E-state index contributed by atoms with van der Waals surface area (Å²) in [5.74, 6) is -0.220. The number of nitrogens with one attached hydrogen (secondary N) is 1. The zero-order valence-electron chi connectivity index (χ0n) is 16.4. The molecule has 0 radical (unpaired) electrons. The van der Waals surface area contributed by atoms with Crippen molar-refractivity contribution in [1.82, 2.24) is 9.29 Å². The molecule has 0 aliphatic carbocycles. The van der Waals surface area contributed by atoms with E-state index in [1.807, 2.05) is 38.1 Å². The summed E-state index contributed by atoms with van der Waals surface area (Å²) in [4.78, 5) is 17.4. The van der Waals surface area contributed by atoms with Gasteiger partial charge in [0, 0.05) is 30.9 Å². The fourth-order valence-corrected chi connectivity index (χ4v) is 4.09. The number of aromatic nitrogens is 1. The molecule has 1 amide bonds. The Morgan fingerprint density at radius 1 is 1.07 bits per heavy atom. The van der Waals surface area contributed by atoms with Gasteiger partial charge in [0.2, 0.25) is 15.9 Å². The van der Waals surface area contributed by atoms with Gasteiger partial charge < -0.3 is 5.32 Å². The second kappa shape index (κ2) is 7.69. The SMILES string of the molecule is Cc1nc2ccccc2c(C)c1CC(=O)Nc1cccc(S(=O)(=O)N(C)C)c1. The molecule has 2 aromatic carbocycles. The van der Waals surface area contributed by atoms with E-state index in [9.17, 15) is 13.2 Å². The van der Waals surface area contributed by atoms with Crippen molar-refractivity contribution in [2.45, 2.75) is 25.2 Å². The first-order chi connectivity index (χ1) is 13.2. The molecule has 3 aromatic rings. The van der Waals surface area contributed by atoms with E-state index < -0.39 is 10.0 Å². The van der Waals surface area contributed by atoms with E-state index in [0.29, 0.717) is 5.69 Å². The van der Waals surface area contributed by atoms with Gasteiger partial charge in [-0.05, 0) is 49.2 Å². The van der Waals surface area contributed by atoms with Gasteiger partial charge >= 0.3 is 0 Å². The van der Waals surface area contributed by atoms with E-state index in [1.54, 1.807) is 12.1 Å². The zero-order chi connectivity index (χ0) is 20.5. The Morgan fingerprint density at radius 2 is 1.79 bits per heavy atom. The number of anilines is 1. The van der Waals surface area contributed by atoms with Crippen LogP contribution >= 0.6 is 0 Å². The van der Waals surface area contributed by atoms with Gasteiger partial charge in [-0.25, -0.2) is 12.7 Å². The van der Waals surface area contributed by atoms with Gasteiger partial charge in [-0.1, -0.05) is 24.3 Å². The number of carbonyl (C=O) groups is 1. The minimum absolute atomic E-state index is 0.134. The monoisotopic (exact) mass is 397 g/mol. The number of para-hydroxylation sites is 1. The molecule has 0 spiro atoms. The quantitative estimate of drug-likeness (QED) is 0.717. The highest BCUT2D eigenvalue weighted by atomic mass is 32.2. The van der Waals surface area contributed by atoms with Crippen LogP contribution in [0.1, 0.15) is 16.8 Å². The number of carbonyl (C=O) groups excluding carboxylic acids is 1.